The molecule has 1 aliphatic heterocycles. The first kappa shape index (κ1) is 23.9. The Bertz CT molecular complexity index is 1280. The molecule has 2 aromatic heterocycles. The number of nitrogens with zero attached hydrogens (tertiary/aromatic N) is 4. The van der Waals surface area contributed by atoms with E-state index in [0.717, 1.165) is 22.6 Å². The van der Waals surface area contributed by atoms with Gasteiger partial charge in [0.1, 0.15) is 11.4 Å². The molecule has 3 aromatic rings. The highest BCUT2D eigenvalue weighted by atomic mass is 16.6. The predicted octanol–water partition coefficient (Wildman–Crippen LogP) is 4.37. The van der Waals surface area contributed by atoms with E-state index < -0.39 is 11.7 Å². The zero-order valence-corrected chi connectivity index (χ0v) is 21.2. The fourth-order valence-corrected chi connectivity index (χ4v) is 4.42. The number of carbonyl (C=O) groups is 1. The summed E-state index contributed by atoms with van der Waals surface area (Å²) in [5.41, 5.74) is 2.97. The van der Waals surface area contributed by atoms with Gasteiger partial charge in [-0.05, 0) is 56.4 Å². The van der Waals surface area contributed by atoms with Crippen molar-refractivity contribution in [2.24, 2.45) is 12.5 Å². The number of alkyl carbamates (subject to hydrolysis) is 1. The maximum atomic E-state index is 13.0. The fraction of sp³-hybridized carbons (Fsp3) is 0.500. The summed E-state index contributed by atoms with van der Waals surface area (Å²) in [6, 6.07) is 11.9. The molecule has 1 N–H and O–H groups in total. The SMILES string of the molecule is Cn1c(=O)n(CC(C)(C)C)c2ccc(N3CC(NC(=O)OC(C)(C)C)Cc4ccccc43)nc21. The van der Waals surface area contributed by atoms with Crippen molar-refractivity contribution in [2.75, 3.05) is 11.4 Å². The Labute approximate surface area is 200 Å². The Morgan fingerprint density at radius 1 is 1.12 bits per heavy atom. The van der Waals surface area contributed by atoms with Crippen molar-refractivity contribution in [2.45, 2.75) is 66.2 Å². The van der Waals surface area contributed by atoms with Gasteiger partial charge in [-0.1, -0.05) is 39.0 Å². The van der Waals surface area contributed by atoms with Crippen molar-refractivity contribution in [1.82, 2.24) is 19.4 Å². The van der Waals surface area contributed by atoms with E-state index in [9.17, 15) is 9.59 Å². The highest BCUT2D eigenvalue weighted by Gasteiger charge is 2.29. The van der Waals surface area contributed by atoms with E-state index in [1.54, 1.807) is 16.2 Å². The van der Waals surface area contributed by atoms with E-state index in [1.807, 2.05) is 45.0 Å². The highest BCUT2D eigenvalue weighted by molar-refractivity contribution is 5.77. The fourth-order valence-electron chi connectivity index (χ4n) is 4.42. The molecule has 0 radical (unpaired) electrons. The Morgan fingerprint density at radius 3 is 2.50 bits per heavy atom. The minimum atomic E-state index is -0.562. The second kappa shape index (κ2) is 8.49. The lowest BCUT2D eigenvalue weighted by molar-refractivity contribution is 0.0505. The third-order valence-corrected chi connectivity index (χ3v) is 5.75. The van der Waals surface area contributed by atoms with Crippen LogP contribution in [0.15, 0.2) is 41.2 Å². The summed E-state index contributed by atoms with van der Waals surface area (Å²) in [4.78, 5) is 32.4. The van der Waals surface area contributed by atoms with E-state index in [-0.39, 0.29) is 17.1 Å². The second-order valence-corrected chi connectivity index (χ2v) is 11.3. The van der Waals surface area contributed by atoms with Crippen LogP contribution in [0.5, 0.6) is 0 Å². The molecule has 0 spiro atoms. The molecule has 1 unspecified atom stereocenters. The highest BCUT2D eigenvalue weighted by Crippen LogP contribution is 2.33. The lowest BCUT2D eigenvalue weighted by atomic mass is 9.97. The molecule has 1 aromatic carbocycles. The number of aromatic nitrogens is 3. The van der Waals surface area contributed by atoms with Gasteiger partial charge in [-0.15, -0.1) is 0 Å². The molecule has 0 saturated carbocycles. The zero-order valence-electron chi connectivity index (χ0n) is 21.2. The molecule has 0 aliphatic carbocycles. The smallest absolute Gasteiger partial charge is 0.407 e. The van der Waals surface area contributed by atoms with Crippen molar-refractivity contribution >= 4 is 28.8 Å². The standard InChI is InChI=1S/C26H35N5O3/c1-25(2,3)16-31-20-12-13-21(28-22(20)29(7)24(31)33)30-15-18(27-23(32)34-26(4,5)6)14-17-10-8-9-11-19(17)30/h8-13,18H,14-16H2,1-7H3,(H,27,32). The molecule has 0 fully saturated rings. The van der Waals surface area contributed by atoms with Gasteiger partial charge in [0.15, 0.2) is 5.65 Å². The van der Waals surface area contributed by atoms with Crippen molar-refractivity contribution < 1.29 is 9.53 Å². The number of rotatable bonds is 3. The van der Waals surface area contributed by atoms with Gasteiger partial charge in [0.2, 0.25) is 0 Å². The molecule has 8 nitrogen and oxygen atoms in total. The Hall–Kier alpha value is -3.29. The summed E-state index contributed by atoms with van der Waals surface area (Å²) in [7, 11) is 1.76. The summed E-state index contributed by atoms with van der Waals surface area (Å²) in [5.74, 6) is 0.735. The first-order valence-electron chi connectivity index (χ1n) is 11.7. The van der Waals surface area contributed by atoms with Crippen LogP contribution in [0, 0.1) is 5.41 Å². The minimum Gasteiger partial charge on any atom is -0.444 e. The van der Waals surface area contributed by atoms with Crippen molar-refractivity contribution in [3.05, 3.63) is 52.4 Å². The first-order chi connectivity index (χ1) is 15.8. The number of benzene rings is 1. The van der Waals surface area contributed by atoms with Gasteiger partial charge in [-0.25, -0.2) is 14.6 Å². The predicted molar refractivity (Wildman–Crippen MR) is 135 cm³/mol. The molecule has 1 atom stereocenters. The van der Waals surface area contributed by atoms with Crippen LogP contribution in [-0.4, -0.2) is 38.4 Å². The number of fused-ring (bicyclic) bond motifs is 2. The summed E-state index contributed by atoms with van der Waals surface area (Å²) in [5, 5.41) is 3.01. The van der Waals surface area contributed by atoms with Gasteiger partial charge in [0.25, 0.3) is 0 Å². The van der Waals surface area contributed by atoms with E-state index in [4.69, 9.17) is 9.72 Å². The van der Waals surface area contributed by atoms with Gasteiger partial charge in [0, 0.05) is 25.8 Å². The molecular formula is C26H35N5O3. The quantitative estimate of drug-likeness (QED) is 0.621. The van der Waals surface area contributed by atoms with Crippen LogP contribution in [0.3, 0.4) is 0 Å². The summed E-state index contributed by atoms with van der Waals surface area (Å²) < 4.78 is 8.88. The maximum Gasteiger partial charge on any atom is 0.407 e. The Morgan fingerprint density at radius 2 is 1.82 bits per heavy atom. The molecule has 0 saturated heterocycles. The Kier molecular flexibility index (Phi) is 5.96. The number of para-hydroxylation sites is 1. The van der Waals surface area contributed by atoms with Crippen LogP contribution in [0.2, 0.25) is 0 Å². The number of imidazole rings is 1. The third-order valence-electron chi connectivity index (χ3n) is 5.75. The average molecular weight is 466 g/mol. The average Bonchev–Trinajstić information content (AvgIpc) is 2.95. The monoisotopic (exact) mass is 465 g/mol. The summed E-state index contributed by atoms with van der Waals surface area (Å²) in [6.07, 6.45) is 0.274. The zero-order chi connectivity index (χ0) is 24.8. The molecular weight excluding hydrogens is 430 g/mol. The first-order valence-corrected chi connectivity index (χ1v) is 11.7. The molecule has 8 heteroatoms. The van der Waals surface area contributed by atoms with Crippen LogP contribution < -0.4 is 15.9 Å². The normalized spacial score (nSPS) is 16.4. The maximum absolute atomic E-state index is 13.0. The lowest BCUT2D eigenvalue weighted by Gasteiger charge is -2.36. The third kappa shape index (κ3) is 4.95. The van der Waals surface area contributed by atoms with E-state index in [0.29, 0.717) is 25.2 Å². The number of anilines is 2. The van der Waals surface area contributed by atoms with Crippen molar-refractivity contribution in [3.8, 4) is 0 Å². The largest absolute Gasteiger partial charge is 0.444 e. The number of hydrogen-bond acceptors (Lipinski definition) is 5. The second-order valence-electron chi connectivity index (χ2n) is 11.3. The molecule has 34 heavy (non-hydrogen) atoms. The number of hydrogen-bond donors (Lipinski definition) is 1. The van der Waals surface area contributed by atoms with E-state index >= 15 is 0 Å². The van der Waals surface area contributed by atoms with Gasteiger partial charge in [-0.2, -0.15) is 0 Å². The number of ether oxygens (including phenoxy) is 1. The van der Waals surface area contributed by atoms with Gasteiger partial charge in [0.05, 0.1) is 11.6 Å². The van der Waals surface area contributed by atoms with Crippen LogP contribution in [0.4, 0.5) is 16.3 Å². The summed E-state index contributed by atoms with van der Waals surface area (Å²) >= 11 is 0. The summed E-state index contributed by atoms with van der Waals surface area (Å²) in [6.45, 7) is 13.1. The molecule has 0 bridgehead atoms. The minimum absolute atomic E-state index is 0.0385. The van der Waals surface area contributed by atoms with E-state index in [2.05, 4.69) is 43.1 Å². The Balaban J connectivity index is 1.70. The van der Waals surface area contributed by atoms with Crippen LogP contribution in [-0.2, 0) is 24.8 Å². The molecule has 4 rings (SSSR count). The number of pyridine rings is 1. The van der Waals surface area contributed by atoms with Crippen molar-refractivity contribution in [1.29, 1.82) is 0 Å². The van der Waals surface area contributed by atoms with Gasteiger partial charge in [-0.3, -0.25) is 9.13 Å². The lowest BCUT2D eigenvalue weighted by Crippen LogP contribution is -2.48. The topological polar surface area (TPSA) is 81.4 Å². The van der Waals surface area contributed by atoms with Crippen LogP contribution in [0.1, 0.15) is 47.1 Å². The van der Waals surface area contributed by atoms with Crippen LogP contribution >= 0.6 is 0 Å². The number of aryl methyl sites for hydroxylation is 1. The molecule has 1 amide bonds. The van der Waals surface area contributed by atoms with Crippen molar-refractivity contribution in [3.63, 3.8) is 0 Å². The molecule has 1 aliphatic rings. The van der Waals surface area contributed by atoms with E-state index in [1.165, 1.54) is 0 Å². The number of amides is 1. The molecule has 3 heterocycles. The number of carbonyl (C=O) groups excluding carboxylic acids is 1. The number of nitrogens with one attached hydrogen (secondary N) is 1. The van der Waals surface area contributed by atoms with Crippen LogP contribution in [0.25, 0.3) is 11.2 Å². The van der Waals surface area contributed by atoms with Gasteiger partial charge < -0.3 is 15.0 Å². The van der Waals surface area contributed by atoms with Gasteiger partial charge >= 0.3 is 11.8 Å². The molecule has 182 valence electrons.